The van der Waals surface area contributed by atoms with Crippen molar-refractivity contribution in [3.8, 4) is 22.6 Å². The summed E-state index contributed by atoms with van der Waals surface area (Å²) in [7, 11) is 0. The molecule has 4 N–H and O–H groups in total. The molecule has 4 aromatic rings. The number of hydrogen-bond donors (Lipinski definition) is 3. The molecule has 0 fully saturated rings. The minimum Gasteiger partial charge on any atom is -0.382 e. The summed E-state index contributed by atoms with van der Waals surface area (Å²) < 4.78 is 1.97. The summed E-state index contributed by atoms with van der Waals surface area (Å²) in [5, 5.41) is 2.73. The number of nitrogen functional groups attached to an aromatic ring is 1. The van der Waals surface area contributed by atoms with Gasteiger partial charge in [-0.25, -0.2) is 15.0 Å². The molecule has 0 spiro atoms. The van der Waals surface area contributed by atoms with Crippen LogP contribution in [-0.2, 0) is 0 Å². The molecule has 136 valence electrons. The molecule has 0 aliphatic heterocycles. The third-order valence-electron chi connectivity index (χ3n) is 4.29. The third-order valence-corrected chi connectivity index (χ3v) is 4.29. The Morgan fingerprint density at radius 2 is 2.11 bits per heavy atom. The average molecular weight is 361 g/mol. The van der Waals surface area contributed by atoms with Crippen LogP contribution in [0.1, 0.15) is 23.1 Å². The van der Waals surface area contributed by atoms with Gasteiger partial charge >= 0.3 is 0 Å². The van der Waals surface area contributed by atoms with E-state index in [0.717, 1.165) is 22.6 Å². The first kappa shape index (κ1) is 16.8. The van der Waals surface area contributed by atoms with Gasteiger partial charge in [-0.15, -0.1) is 0 Å². The summed E-state index contributed by atoms with van der Waals surface area (Å²) in [5.74, 6) is -0.254. The number of aromatic nitrogens is 5. The lowest BCUT2D eigenvalue weighted by atomic mass is 10.1. The van der Waals surface area contributed by atoms with Crippen LogP contribution in [0.2, 0.25) is 0 Å². The van der Waals surface area contributed by atoms with Crippen LogP contribution >= 0.6 is 0 Å². The topological polar surface area (TPSA) is 114 Å². The van der Waals surface area contributed by atoms with Gasteiger partial charge in [0, 0.05) is 36.4 Å². The quantitative estimate of drug-likeness (QED) is 0.516. The molecule has 0 saturated carbocycles. The summed E-state index contributed by atoms with van der Waals surface area (Å²) in [6, 6.07) is 7.58. The number of aryl methyl sites for hydroxylation is 1. The summed E-state index contributed by atoms with van der Waals surface area (Å²) in [4.78, 5) is 28.9. The van der Waals surface area contributed by atoms with Crippen LogP contribution in [0.5, 0.6) is 0 Å². The van der Waals surface area contributed by atoms with Crippen molar-refractivity contribution in [3.05, 3.63) is 54.2 Å². The van der Waals surface area contributed by atoms with Crippen LogP contribution in [0.3, 0.4) is 0 Å². The second-order valence-corrected chi connectivity index (χ2v) is 6.14. The normalized spacial score (nSPS) is 11.0. The number of amides is 1. The van der Waals surface area contributed by atoms with E-state index in [9.17, 15) is 4.79 Å². The Bertz CT molecular complexity index is 1130. The zero-order valence-corrected chi connectivity index (χ0v) is 15.0. The molecule has 27 heavy (non-hydrogen) atoms. The highest BCUT2D eigenvalue weighted by atomic mass is 16.1. The molecule has 4 rings (SSSR count). The molecule has 4 aromatic heterocycles. The minimum absolute atomic E-state index is 0.0918. The van der Waals surface area contributed by atoms with Crippen molar-refractivity contribution in [1.29, 1.82) is 0 Å². The fourth-order valence-electron chi connectivity index (χ4n) is 2.97. The fraction of sp³-hybridized carbons (Fsp3) is 0.158. The number of H-pyrrole nitrogens is 1. The summed E-state index contributed by atoms with van der Waals surface area (Å²) in [5.41, 5.74) is 10.7. The summed E-state index contributed by atoms with van der Waals surface area (Å²) in [6.07, 6.45) is 5.55. The Morgan fingerprint density at radius 1 is 1.26 bits per heavy atom. The third kappa shape index (κ3) is 2.91. The van der Waals surface area contributed by atoms with Crippen molar-refractivity contribution in [2.75, 3.05) is 12.3 Å². The van der Waals surface area contributed by atoms with Gasteiger partial charge in [-0.3, -0.25) is 4.79 Å². The van der Waals surface area contributed by atoms with Crippen LogP contribution < -0.4 is 11.1 Å². The standard InChI is InChI=1S/C19H19N7O/c1-3-21-19(27)17-18(20)25-16(13-5-4-8-22-13)15(24-17)12-6-7-14-23-9-11(2)26(14)10-12/h4-10,22H,3H2,1-2H3,(H2,20,25)(H,21,27). The number of anilines is 1. The zero-order valence-electron chi connectivity index (χ0n) is 15.0. The number of aromatic amines is 1. The first-order valence-electron chi connectivity index (χ1n) is 8.62. The number of carbonyl (C=O) groups excluding carboxylic acids is 1. The highest BCUT2D eigenvalue weighted by Crippen LogP contribution is 2.30. The van der Waals surface area contributed by atoms with E-state index in [1.54, 1.807) is 12.4 Å². The van der Waals surface area contributed by atoms with E-state index in [-0.39, 0.29) is 17.4 Å². The number of rotatable bonds is 4. The number of nitrogens with zero attached hydrogens (tertiary/aromatic N) is 4. The SMILES string of the molecule is CCNC(=O)c1nc(-c2ccc3ncc(C)n3c2)c(-c2ccc[nH]2)nc1N. The first-order valence-corrected chi connectivity index (χ1v) is 8.62. The second kappa shape index (κ2) is 6.56. The van der Waals surface area contributed by atoms with Gasteiger partial charge in [0.1, 0.15) is 17.0 Å². The lowest BCUT2D eigenvalue weighted by Crippen LogP contribution is -2.25. The molecule has 1 amide bonds. The van der Waals surface area contributed by atoms with E-state index >= 15 is 0 Å². The van der Waals surface area contributed by atoms with Crippen molar-refractivity contribution in [2.45, 2.75) is 13.8 Å². The summed E-state index contributed by atoms with van der Waals surface area (Å²) >= 11 is 0. The lowest BCUT2D eigenvalue weighted by Gasteiger charge is -2.12. The van der Waals surface area contributed by atoms with E-state index in [1.807, 2.05) is 48.7 Å². The number of nitrogens with two attached hydrogens (primary N) is 1. The predicted molar refractivity (Wildman–Crippen MR) is 103 cm³/mol. The fourth-order valence-corrected chi connectivity index (χ4v) is 2.97. The maximum absolute atomic E-state index is 12.4. The number of imidazole rings is 1. The van der Waals surface area contributed by atoms with E-state index in [1.165, 1.54) is 0 Å². The lowest BCUT2D eigenvalue weighted by molar-refractivity contribution is 0.0951. The smallest absolute Gasteiger partial charge is 0.273 e. The van der Waals surface area contributed by atoms with Crippen molar-refractivity contribution < 1.29 is 4.79 Å². The van der Waals surface area contributed by atoms with Crippen LogP contribution in [0.15, 0.2) is 42.9 Å². The maximum atomic E-state index is 12.4. The molecule has 0 bridgehead atoms. The van der Waals surface area contributed by atoms with Crippen LogP contribution in [0.25, 0.3) is 28.3 Å². The number of hydrogen-bond acceptors (Lipinski definition) is 5. The second-order valence-electron chi connectivity index (χ2n) is 6.14. The number of nitrogens with one attached hydrogen (secondary N) is 2. The van der Waals surface area contributed by atoms with Gasteiger partial charge in [-0.2, -0.15) is 0 Å². The Kier molecular flexibility index (Phi) is 4.08. The van der Waals surface area contributed by atoms with Crippen LogP contribution in [0.4, 0.5) is 5.82 Å². The van der Waals surface area contributed by atoms with Crippen LogP contribution in [-0.4, -0.2) is 36.8 Å². The van der Waals surface area contributed by atoms with Gasteiger partial charge in [0.15, 0.2) is 11.5 Å². The van der Waals surface area contributed by atoms with Gasteiger partial charge < -0.3 is 20.4 Å². The zero-order chi connectivity index (χ0) is 19.0. The van der Waals surface area contributed by atoms with Gasteiger partial charge in [-0.05, 0) is 38.1 Å². The average Bonchev–Trinajstić information content (AvgIpc) is 3.32. The molecule has 0 atom stereocenters. The highest BCUT2D eigenvalue weighted by Gasteiger charge is 2.20. The predicted octanol–water partition coefficient (Wildman–Crippen LogP) is 2.43. The van der Waals surface area contributed by atoms with Crippen LogP contribution in [0, 0.1) is 6.92 Å². The maximum Gasteiger partial charge on any atom is 0.273 e. The van der Waals surface area contributed by atoms with Gasteiger partial charge in [-0.1, -0.05) is 0 Å². The Morgan fingerprint density at radius 3 is 2.85 bits per heavy atom. The van der Waals surface area contributed by atoms with E-state index in [4.69, 9.17) is 5.73 Å². The number of pyridine rings is 1. The molecule has 4 heterocycles. The van der Waals surface area contributed by atoms with Gasteiger partial charge in [0.2, 0.25) is 0 Å². The molecular formula is C19H19N7O. The highest BCUT2D eigenvalue weighted by molar-refractivity contribution is 5.97. The molecule has 0 unspecified atom stereocenters. The molecule has 0 aliphatic carbocycles. The first-order chi connectivity index (χ1) is 13.1. The number of carbonyl (C=O) groups is 1. The van der Waals surface area contributed by atoms with Crippen molar-refractivity contribution in [1.82, 2.24) is 29.7 Å². The Labute approximate surface area is 155 Å². The van der Waals surface area contributed by atoms with Crippen molar-refractivity contribution >= 4 is 17.4 Å². The minimum atomic E-state index is -0.346. The molecule has 8 nitrogen and oxygen atoms in total. The van der Waals surface area contributed by atoms with E-state index in [2.05, 4.69) is 25.3 Å². The van der Waals surface area contributed by atoms with E-state index in [0.29, 0.717) is 17.9 Å². The van der Waals surface area contributed by atoms with Gasteiger partial charge in [0.05, 0.1) is 5.69 Å². The molecule has 0 radical (unpaired) electrons. The monoisotopic (exact) mass is 361 g/mol. The number of fused-ring (bicyclic) bond motifs is 1. The molecule has 0 aromatic carbocycles. The Balaban J connectivity index is 1.96. The largest absolute Gasteiger partial charge is 0.382 e. The van der Waals surface area contributed by atoms with Crippen molar-refractivity contribution in [3.63, 3.8) is 0 Å². The molecule has 8 heteroatoms. The summed E-state index contributed by atoms with van der Waals surface area (Å²) in [6.45, 7) is 4.30. The molecule has 0 saturated heterocycles. The van der Waals surface area contributed by atoms with E-state index < -0.39 is 0 Å². The molecule has 0 aliphatic rings. The molecular weight excluding hydrogens is 342 g/mol. The van der Waals surface area contributed by atoms with Gasteiger partial charge in [0.25, 0.3) is 5.91 Å². The van der Waals surface area contributed by atoms with Crippen molar-refractivity contribution in [2.24, 2.45) is 0 Å². The Hall–Kier alpha value is -3.68.